The summed E-state index contributed by atoms with van der Waals surface area (Å²) in [6.45, 7) is 7.96. The fourth-order valence-corrected chi connectivity index (χ4v) is 1.98. The van der Waals surface area contributed by atoms with E-state index in [2.05, 4.69) is 12.2 Å². The van der Waals surface area contributed by atoms with Gasteiger partial charge in [0.1, 0.15) is 11.4 Å². The highest BCUT2D eigenvalue weighted by Gasteiger charge is 2.31. The topological polar surface area (TPSA) is 47.6 Å². The molecule has 4 heteroatoms. The van der Waals surface area contributed by atoms with E-state index in [4.69, 9.17) is 9.47 Å². The summed E-state index contributed by atoms with van der Waals surface area (Å²) in [6, 6.07) is 7.42. The van der Waals surface area contributed by atoms with Gasteiger partial charge in [0.05, 0.1) is 6.10 Å². The molecule has 1 rings (SSSR count). The van der Waals surface area contributed by atoms with Crippen molar-refractivity contribution < 1.29 is 14.3 Å². The summed E-state index contributed by atoms with van der Waals surface area (Å²) in [5.41, 5.74) is -0.0448. The van der Waals surface area contributed by atoms with Crippen LogP contribution in [-0.4, -0.2) is 24.7 Å². The number of benzene rings is 1. The number of carbonyl (C=O) groups is 1. The Bertz CT molecular complexity index is 444. The molecular weight excluding hydrogens is 266 g/mol. The van der Waals surface area contributed by atoms with Crippen molar-refractivity contribution in [1.29, 1.82) is 0 Å². The van der Waals surface area contributed by atoms with E-state index in [1.54, 1.807) is 7.11 Å². The number of amides is 1. The van der Waals surface area contributed by atoms with Crippen molar-refractivity contribution >= 4 is 11.6 Å². The van der Waals surface area contributed by atoms with E-state index < -0.39 is 5.60 Å². The van der Waals surface area contributed by atoms with E-state index in [1.165, 1.54) is 0 Å². The minimum absolute atomic E-state index is 0.123. The second-order valence-corrected chi connectivity index (χ2v) is 5.50. The van der Waals surface area contributed by atoms with Gasteiger partial charge in [-0.1, -0.05) is 20.3 Å². The van der Waals surface area contributed by atoms with Crippen molar-refractivity contribution in [2.45, 2.75) is 58.7 Å². The summed E-state index contributed by atoms with van der Waals surface area (Å²) in [6.07, 6.45) is 2.72. The zero-order chi connectivity index (χ0) is 15.9. The number of methoxy groups -OCH3 is 1. The van der Waals surface area contributed by atoms with Crippen LogP contribution in [0.25, 0.3) is 0 Å². The van der Waals surface area contributed by atoms with Gasteiger partial charge in [0, 0.05) is 12.8 Å². The molecule has 0 unspecified atom stereocenters. The number of rotatable bonds is 8. The summed E-state index contributed by atoms with van der Waals surface area (Å²) in [4.78, 5) is 12.3. The molecule has 0 radical (unpaired) electrons. The molecule has 1 aromatic carbocycles. The van der Waals surface area contributed by atoms with Gasteiger partial charge >= 0.3 is 0 Å². The molecule has 0 saturated carbocycles. The van der Waals surface area contributed by atoms with Gasteiger partial charge in [-0.05, 0) is 51.0 Å². The third-order valence-electron chi connectivity index (χ3n) is 3.68. The van der Waals surface area contributed by atoms with Crippen LogP contribution in [-0.2, 0) is 9.53 Å². The number of carbonyl (C=O) groups excluding carboxylic acids is 1. The van der Waals surface area contributed by atoms with Gasteiger partial charge in [-0.2, -0.15) is 0 Å². The largest absolute Gasteiger partial charge is 0.491 e. The highest BCUT2D eigenvalue weighted by molar-refractivity contribution is 5.97. The maximum absolute atomic E-state index is 12.3. The fourth-order valence-electron chi connectivity index (χ4n) is 1.98. The zero-order valence-corrected chi connectivity index (χ0v) is 13.7. The Labute approximate surface area is 127 Å². The molecule has 2 atom stereocenters. The Hall–Kier alpha value is -1.55. The lowest BCUT2D eigenvalue weighted by Gasteiger charge is -2.26. The number of ether oxygens (including phenoxy) is 2. The molecule has 0 aliphatic carbocycles. The highest BCUT2D eigenvalue weighted by atomic mass is 16.5. The molecule has 21 heavy (non-hydrogen) atoms. The summed E-state index contributed by atoms with van der Waals surface area (Å²) < 4.78 is 11.1. The molecule has 0 aliphatic heterocycles. The monoisotopic (exact) mass is 293 g/mol. The van der Waals surface area contributed by atoms with Crippen LogP contribution in [0, 0.1) is 0 Å². The third kappa shape index (κ3) is 5.05. The second kappa shape index (κ2) is 8.03. The van der Waals surface area contributed by atoms with Crippen LogP contribution in [0.4, 0.5) is 5.69 Å². The molecule has 1 N–H and O–H groups in total. The molecule has 4 nitrogen and oxygen atoms in total. The molecule has 0 bridgehead atoms. The van der Waals surface area contributed by atoms with Crippen LogP contribution >= 0.6 is 0 Å². The molecule has 0 heterocycles. The number of anilines is 1. The maximum Gasteiger partial charge on any atom is 0.256 e. The smallest absolute Gasteiger partial charge is 0.256 e. The third-order valence-corrected chi connectivity index (χ3v) is 3.68. The standard InChI is InChI=1S/C17H27NO3/c1-6-12-17(4,20-5)16(19)18-14-8-10-15(11-9-14)21-13(3)7-2/h8-11,13H,6-7,12H2,1-5H3,(H,18,19)/t13-,17+/m1/s1. The molecule has 1 amide bonds. The minimum Gasteiger partial charge on any atom is -0.491 e. The van der Waals surface area contributed by atoms with Gasteiger partial charge < -0.3 is 14.8 Å². The van der Waals surface area contributed by atoms with Crippen molar-refractivity contribution in [3.8, 4) is 5.75 Å². The molecule has 0 aromatic heterocycles. The van der Waals surface area contributed by atoms with Crippen molar-refractivity contribution in [3.05, 3.63) is 24.3 Å². The Kier molecular flexibility index (Phi) is 6.69. The number of hydrogen-bond donors (Lipinski definition) is 1. The molecule has 1 aromatic rings. The van der Waals surface area contributed by atoms with E-state index in [0.717, 1.165) is 24.3 Å². The van der Waals surface area contributed by atoms with Gasteiger partial charge in [-0.3, -0.25) is 4.79 Å². The van der Waals surface area contributed by atoms with Crippen LogP contribution < -0.4 is 10.1 Å². The predicted octanol–water partition coefficient (Wildman–Crippen LogP) is 4.01. The first-order valence-corrected chi connectivity index (χ1v) is 7.58. The normalized spacial score (nSPS) is 15.1. The van der Waals surface area contributed by atoms with Crippen molar-refractivity contribution in [2.24, 2.45) is 0 Å². The first-order chi connectivity index (χ1) is 9.95. The molecule has 0 saturated heterocycles. The summed E-state index contributed by atoms with van der Waals surface area (Å²) in [7, 11) is 1.57. The van der Waals surface area contributed by atoms with E-state index in [9.17, 15) is 4.79 Å². The Morgan fingerprint density at radius 2 is 1.90 bits per heavy atom. The van der Waals surface area contributed by atoms with Gasteiger partial charge in [-0.25, -0.2) is 0 Å². The predicted molar refractivity (Wildman–Crippen MR) is 85.8 cm³/mol. The van der Waals surface area contributed by atoms with Crippen LogP contribution in [0.2, 0.25) is 0 Å². The fraction of sp³-hybridized carbons (Fsp3) is 0.588. The molecular formula is C17H27NO3. The second-order valence-electron chi connectivity index (χ2n) is 5.50. The van der Waals surface area contributed by atoms with Crippen molar-refractivity contribution in [2.75, 3.05) is 12.4 Å². The van der Waals surface area contributed by atoms with Crippen LogP contribution in [0.3, 0.4) is 0 Å². The molecule has 118 valence electrons. The lowest BCUT2D eigenvalue weighted by atomic mass is 9.99. The number of nitrogens with one attached hydrogen (secondary N) is 1. The summed E-state index contributed by atoms with van der Waals surface area (Å²) >= 11 is 0. The lowest BCUT2D eigenvalue weighted by Crippen LogP contribution is -2.41. The van der Waals surface area contributed by atoms with Crippen molar-refractivity contribution in [3.63, 3.8) is 0 Å². The van der Waals surface area contributed by atoms with Gasteiger partial charge in [-0.15, -0.1) is 0 Å². The Morgan fingerprint density at radius 1 is 1.29 bits per heavy atom. The highest BCUT2D eigenvalue weighted by Crippen LogP contribution is 2.22. The quantitative estimate of drug-likeness (QED) is 0.788. The van der Waals surface area contributed by atoms with Gasteiger partial charge in [0.25, 0.3) is 5.91 Å². The molecule has 0 aliphatic rings. The Balaban J connectivity index is 2.68. The van der Waals surface area contributed by atoms with Crippen LogP contribution in [0.15, 0.2) is 24.3 Å². The summed E-state index contributed by atoms with van der Waals surface area (Å²) in [5.74, 6) is 0.688. The van der Waals surface area contributed by atoms with E-state index >= 15 is 0 Å². The first kappa shape index (κ1) is 17.5. The summed E-state index contributed by atoms with van der Waals surface area (Å²) in [5, 5.41) is 2.89. The van der Waals surface area contributed by atoms with Crippen LogP contribution in [0.5, 0.6) is 5.75 Å². The maximum atomic E-state index is 12.3. The van der Waals surface area contributed by atoms with Crippen LogP contribution in [0.1, 0.15) is 47.0 Å². The van der Waals surface area contributed by atoms with Crippen molar-refractivity contribution in [1.82, 2.24) is 0 Å². The zero-order valence-electron chi connectivity index (χ0n) is 13.7. The first-order valence-electron chi connectivity index (χ1n) is 7.58. The average molecular weight is 293 g/mol. The Morgan fingerprint density at radius 3 is 2.38 bits per heavy atom. The molecule has 0 spiro atoms. The average Bonchev–Trinajstić information content (AvgIpc) is 2.49. The van der Waals surface area contributed by atoms with E-state index in [1.807, 2.05) is 45.0 Å². The minimum atomic E-state index is -0.791. The van der Waals surface area contributed by atoms with E-state index in [-0.39, 0.29) is 12.0 Å². The molecule has 0 fully saturated rings. The SMILES string of the molecule is CCC[C@](C)(OC)C(=O)Nc1ccc(O[C@H](C)CC)cc1. The van der Waals surface area contributed by atoms with E-state index in [0.29, 0.717) is 6.42 Å². The lowest BCUT2D eigenvalue weighted by molar-refractivity contribution is -0.136. The van der Waals surface area contributed by atoms with Gasteiger partial charge in [0.15, 0.2) is 0 Å². The number of hydrogen-bond acceptors (Lipinski definition) is 3. The van der Waals surface area contributed by atoms with Gasteiger partial charge in [0.2, 0.25) is 0 Å².